The first-order valence-corrected chi connectivity index (χ1v) is 9.40. The van der Waals surface area contributed by atoms with E-state index in [0.29, 0.717) is 0 Å². The van der Waals surface area contributed by atoms with Crippen LogP contribution in [-0.2, 0) is 4.74 Å². The summed E-state index contributed by atoms with van der Waals surface area (Å²) in [5.74, 6) is 11.1. The highest BCUT2D eigenvalue weighted by Gasteiger charge is 2.79. The molecule has 20 heavy (non-hydrogen) atoms. The van der Waals surface area contributed by atoms with Gasteiger partial charge in [-0.2, -0.15) is 0 Å². The normalized spacial score (nSPS) is 56.5. The van der Waals surface area contributed by atoms with Gasteiger partial charge in [0, 0.05) is 13.7 Å². The SMILES string of the molecule is COCCCCCCC1CC2C1C1C3C4CCC4C3C21. The minimum absolute atomic E-state index is 0.962. The van der Waals surface area contributed by atoms with Crippen LogP contribution in [0, 0.1) is 53.3 Å². The molecule has 112 valence electrons. The number of rotatable bonds is 7. The number of hydrogen-bond donors (Lipinski definition) is 0. The Labute approximate surface area is 123 Å². The van der Waals surface area contributed by atoms with E-state index in [1.807, 2.05) is 7.11 Å². The molecular formula is C19H30O. The van der Waals surface area contributed by atoms with Gasteiger partial charge in [-0.1, -0.05) is 25.7 Å². The van der Waals surface area contributed by atoms with Gasteiger partial charge < -0.3 is 4.74 Å². The Kier molecular flexibility index (Phi) is 2.80. The van der Waals surface area contributed by atoms with Crippen LogP contribution >= 0.6 is 0 Å². The van der Waals surface area contributed by atoms with E-state index in [9.17, 15) is 0 Å². The van der Waals surface area contributed by atoms with Crippen molar-refractivity contribution in [2.24, 2.45) is 53.3 Å². The van der Waals surface area contributed by atoms with Gasteiger partial charge in [0.05, 0.1) is 0 Å². The van der Waals surface area contributed by atoms with Crippen molar-refractivity contribution in [3.05, 3.63) is 0 Å². The fourth-order valence-corrected chi connectivity index (χ4v) is 7.47. The van der Waals surface area contributed by atoms with Crippen molar-refractivity contribution < 1.29 is 4.74 Å². The first-order chi connectivity index (χ1) is 9.92. The van der Waals surface area contributed by atoms with Gasteiger partial charge in [-0.25, -0.2) is 0 Å². The molecule has 0 saturated heterocycles. The molecule has 0 radical (unpaired) electrons. The molecule has 0 amide bonds. The second kappa shape index (κ2) is 4.48. The Hall–Kier alpha value is -0.0400. The molecule has 0 bridgehead atoms. The van der Waals surface area contributed by atoms with Crippen LogP contribution in [0.3, 0.4) is 0 Å². The van der Waals surface area contributed by atoms with Crippen molar-refractivity contribution in [2.45, 2.75) is 51.4 Å². The molecule has 0 aliphatic heterocycles. The van der Waals surface area contributed by atoms with E-state index in [1.165, 1.54) is 73.0 Å². The van der Waals surface area contributed by atoms with Gasteiger partial charge in [0.1, 0.15) is 0 Å². The summed E-state index contributed by atoms with van der Waals surface area (Å²) in [6, 6.07) is 0. The van der Waals surface area contributed by atoms with Crippen molar-refractivity contribution in [3.63, 3.8) is 0 Å². The lowest BCUT2D eigenvalue weighted by Crippen LogP contribution is -2.80. The largest absolute Gasteiger partial charge is 0.385 e. The van der Waals surface area contributed by atoms with E-state index < -0.39 is 0 Å². The predicted octanol–water partition coefficient (Wildman–Crippen LogP) is 4.37. The Morgan fingerprint density at radius 1 is 0.750 bits per heavy atom. The summed E-state index contributed by atoms with van der Waals surface area (Å²) < 4.78 is 5.13. The zero-order valence-corrected chi connectivity index (χ0v) is 13.0. The Bertz CT molecular complexity index is 385. The van der Waals surface area contributed by atoms with Crippen molar-refractivity contribution >= 4 is 0 Å². The van der Waals surface area contributed by atoms with Gasteiger partial charge in [-0.3, -0.25) is 0 Å². The molecule has 0 N–H and O–H groups in total. The molecule has 5 aliphatic rings. The molecule has 5 rings (SSSR count). The maximum atomic E-state index is 5.13. The van der Waals surface area contributed by atoms with Gasteiger partial charge in [-0.15, -0.1) is 0 Å². The molecule has 1 heteroatoms. The number of unbranched alkanes of at least 4 members (excludes halogenated alkanes) is 3. The van der Waals surface area contributed by atoms with Crippen LogP contribution < -0.4 is 0 Å². The molecule has 0 spiro atoms. The summed E-state index contributed by atoms with van der Waals surface area (Å²) in [7, 11) is 1.82. The second-order valence-electron chi connectivity index (χ2n) is 8.65. The monoisotopic (exact) mass is 274 g/mol. The number of methoxy groups -OCH3 is 1. The van der Waals surface area contributed by atoms with Crippen molar-refractivity contribution in [2.75, 3.05) is 13.7 Å². The van der Waals surface area contributed by atoms with Gasteiger partial charge in [0.25, 0.3) is 0 Å². The van der Waals surface area contributed by atoms with Crippen LogP contribution in [0.2, 0.25) is 0 Å². The van der Waals surface area contributed by atoms with Gasteiger partial charge in [0.15, 0.2) is 0 Å². The standard InChI is InChI=1S/C19H30O/c1-20-9-5-3-2-4-6-11-10-14-15(11)19-17-13-8-7-12(13)16(17)18(14)19/h11-19H,2-10H2,1H3. The average molecular weight is 274 g/mol. The van der Waals surface area contributed by atoms with Crippen LogP contribution in [0.4, 0.5) is 0 Å². The van der Waals surface area contributed by atoms with E-state index in [-0.39, 0.29) is 0 Å². The minimum atomic E-state index is 0.962. The molecule has 0 aromatic rings. The first-order valence-electron chi connectivity index (χ1n) is 9.40. The van der Waals surface area contributed by atoms with E-state index in [0.717, 1.165) is 12.5 Å². The maximum absolute atomic E-state index is 5.13. The zero-order chi connectivity index (χ0) is 13.3. The minimum Gasteiger partial charge on any atom is -0.385 e. The number of ether oxygens (including phenoxy) is 1. The molecular weight excluding hydrogens is 244 g/mol. The Morgan fingerprint density at radius 2 is 1.45 bits per heavy atom. The summed E-state index contributed by atoms with van der Waals surface area (Å²) in [5, 5.41) is 0. The highest BCUT2D eigenvalue weighted by atomic mass is 16.5. The third-order valence-corrected chi connectivity index (χ3v) is 8.38. The van der Waals surface area contributed by atoms with Crippen molar-refractivity contribution in [3.8, 4) is 0 Å². The van der Waals surface area contributed by atoms with Crippen LogP contribution in [0.1, 0.15) is 51.4 Å². The fraction of sp³-hybridized carbons (Fsp3) is 1.00. The zero-order valence-electron chi connectivity index (χ0n) is 13.0. The van der Waals surface area contributed by atoms with Gasteiger partial charge in [-0.05, 0) is 78.9 Å². The van der Waals surface area contributed by atoms with E-state index in [4.69, 9.17) is 4.74 Å². The third kappa shape index (κ3) is 1.39. The number of hydrogen-bond acceptors (Lipinski definition) is 1. The highest BCUT2D eigenvalue weighted by molar-refractivity contribution is 5.26. The average Bonchev–Trinajstić information content (AvgIpc) is 2.40. The highest BCUT2D eigenvalue weighted by Crippen LogP contribution is 2.84. The van der Waals surface area contributed by atoms with Crippen LogP contribution in [0.25, 0.3) is 0 Å². The van der Waals surface area contributed by atoms with Crippen LogP contribution in [0.5, 0.6) is 0 Å². The molecule has 1 nitrogen and oxygen atoms in total. The van der Waals surface area contributed by atoms with Gasteiger partial charge >= 0.3 is 0 Å². The van der Waals surface area contributed by atoms with Gasteiger partial charge in [0.2, 0.25) is 0 Å². The molecule has 5 aliphatic carbocycles. The maximum Gasteiger partial charge on any atom is 0.0462 e. The lowest BCUT2D eigenvalue weighted by Gasteiger charge is -2.85. The van der Waals surface area contributed by atoms with Crippen molar-refractivity contribution in [1.82, 2.24) is 0 Å². The summed E-state index contributed by atoms with van der Waals surface area (Å²) in [5.41, 5.74) is 0. The lowest BCUT2D eigenvalue weighted by atomic mass is 9.20. The second-order valence-corrected chi connectivity index (χ2v) is 8.65. The Morgan fingerprint density at radius 3 is 2.20 bits per heavy atom. The van der Waals surface area contributed by atoms with Crippen molar-refractivity contribution in [1.29, 1.82) is 0 Å². The first kappa shape index (κ1) is 12.5. The Balaban J connectivity index is 1.06. The molecule has 5 fully saturated rings. The molecule has 9 atom stereocenters. The third-order valence-electron chi connectivity index (χ3n) is 8.38. The van der Waals surface area contributed by atoms with Crippen LogP contribution in [0.15, 0.2) is 0 Å². The molecule has 9 unspecified atom stereocenters. The quantitative estimate of drug-likeness (QED) is 0.495. The molecule has 5 saturated carbocycles. The van der Waals surface area contributed by atoms with Crippen LogP contribution in [-0.4, -0.2) is 13.7 Å². The molecule has 0 heterocycles. The topological polar surface area (TPSA) is 9.23 Å². The summed E-state index contributed by atoms with van der Waals surface area (Å²) in [6.07, 6.45) is 12.0. The molecule has 0 aromatic heterocycles. The summed E-state index contributed by atoms with van der Waals surface area (Å²) in [6.45, 7) is 0.962. The fourth-order valence-electron chi connectivity index (χ4n) is 7.47. The molecule has 0 aromatic carbocycles. The van der Waals surface area contributed by atoms with E-state index >= 15 is 0 Å². The summed E-state index contributed by atoms with van der Waals surface area (Å²) >= 11 is 0. The summed E-state index contributed by atoms with van der Waals surface area (Å²) in [4.78, 5) is 0. The van der Waals surface area contributed by atoms with E-state index in [1.54, 1.807) is 25.7 Å². The smallest absolute Gasteiger partial charge is 0.0462 e. The number of fused-ring (bicyclic) bond motifs is 10. The lowest BCUT2D eigenvalue weighted by molar-refractivity contribution is -0.375. The van der Waals surface area contributed by atoms with E-state index in [2.05, 4.69) is 0 Å². The predicted molar refractivity (Wildman–Crippen MR) is 80.2 cm³/mol.